The van der Waals surface area contributed by atoms with E-state index < -0.39 is 0 Å². The highest BCUT2D eigenvalue weighted by Gasteiger charge is 2.05. The number of aromatic nitrogens is 2. The van der Waals surface area contributed by atoms with Gasteiger partial charge in [-0.3, -0.25) is 0 Å². The summed E-state index contributed by atoms with van der Waals surface area (Å²) < 4.78 is 0.983. The van der Waals surface area contributed by atoms with Gasteiger partial charge < -0.3 is 5.32 Å². The Kier molecular flexibility index (Phi) is 3.55. The standard InChI is InChI=1S/C12H11BrN4/c1-8(5-14)6-15-12-10-4-9(13)2-3-11(10)16-7-17-12/h2-4,7-8H,6H2,1H3,(H,15,16,17)/t8-/m0/s1. The summed E-state index contributed by atoms with van der Waals surface area (Å²) in [6.45, 7) is 2.45. The minimum Gasteiger partial charge on any atom is -0.368 e. The molecular weight excluding hydrogens is 280 g/mol. The van der Waals surface area contributed by atoms with E-state index in [1.54, 1.807) is 0 Å². The summed E-state index contributed by atoms with van der Waals surface area (Å²) in [5.74, 6) is 0.713. The van der Waals surface area contributed by atoms with Gasteiger partial charge in [-0.15, -0.1) is 0 Å². The Morgan fingerprint density at radius 2 is 2.29 bits per heavy atom. The van der Waals surface area contributed by atoms with Gasteiger partial charge in [0.2, 0.25) is 0 Å². The molecule has 0 spiro atoms. The molecule has 0 aliphatic rings. The summed E-state index contributed by atoms with van der Waals surface area (Å²) in [5, 5.41) is 12.9. The van der Waals surface area contributed by atoms with Crippen molar-refractivity contribution in [3.8, 4) is 6.07 Å². The van der Waals surface area contributed by atoms with Crippen molar-refractivity contribution in [1.29, 1.82) is 5.26 Å². The van der Waals surface area contributed by atoms with Gasteiger partial charge in [-0.05, 0) is 25.1 Å². The molecule has 1 heterocycles. The zero-order chi connectivity index (χ0) is 12.3. The third-order valence-electron chi connectivity index (χ3n) is 2.39. The van der Waals surface area contributed by atoms with E-state index in [0.717, 1.165) is 21.2 Å². The maximum atomic E-state index is 8.74. The smallest absolute Gasteiger partial charge is 0.137 e. The van der Waals surface area contributed by atoms with Crippen molar-refractivity contribution in [3.05, 3.63) is 29.0 Å². The molecule has 1 atom stereocenters. The monoisotopic (exact) mass is 290 g/mol. The fourth-order valence-corrected chi connectivity index (χ4v) is 1.83. The first-order valence-corrected chi connectivity index (χ1v) is 6.04. The first-order valence-electron chi connectivity index (χ1n) is 5.24. The summed E-state index contributed by atoms with van der Waals surface area (Å²) in [7, 11) is 0. The molecule has 0 radical (unpaired) electrons. The van der Waals surface area contributed by atoms with Crippen molar-refractivity contribution in [2.75, 3.05) is 11.9 Å². The van der Waals surface area contributed by atoms with Gasteiger partial charge >= 0.3 is 0 Å². The first-order chi connectivity index (χ1) is 8.20. The zero-order valence-corrected chi connectivity index (χ0v) is 10.9. The minimum atomic E-state index is -0.0489. The van der Waals surface area contributed by atoms with E-state index in [2.05, 4.69) is 37.3 Å². The van der Waals surface area contributed by atoms with Gasteiger partial charge in [-0.25, -0.2) is 9.97 Å². The Morgan fingerprint density at radius 3 is 3.06 bits per heavy atom. The molecule has 2 rings (SSSR count). The van der Waals surface area contributed by atoms with Crippen molar-refractivity contribution < 1.29 is 0 Å². The number of fused-ring (bicyclic) bond motifs is 1. The Balaban J connectivity index is 2.34. The second-order valence-corrected chi connectivity index (χ2v) is 4.71. The molecule has 4 nitrogen and oxygen atoms in total. The molecule has 0 amide bonds. The highest BCUT2D eigenvalue weighted by Crippen LogP contribution is 2.23. The highest BCUT2D eigenvalue weighted by molar-refractivity contribution is 9.10. The molecule has 0 aliphatic carbocycles. The van der Waals surface area contributed by atoms with Gasteiger partial charge in [0.15, 0.2) is 0 Å². The number of nitriles is 1. The van der Waals surface area contributed by atoms with Gasteiger partial charge in [0.25, 0.3) is 0 Å². The van der Waals surface area contributed by atoms with Crippen LogP contribution in [-0.2, 0) is 0 Å². The molecule has 1 aromatic carbocycles. The van der Waals surface area contributed by atoms with Crippen molar-refractivity contribution in [1.82, 2.24) is 9.97 Å². The molecule has 0 unspecified atom stereocenters. The number of anilines is 1. The average Bonchev–Trinajstić information content (AvgIpc) is 2.35. The van der Waals surface area contributed by atoms with Crippen LogP contribution >= 0.6 is 15.9 Å². The van der Waals surface area contributed by atoms with Crippen LogP contribution in [0.25, 0.3) is 10.9 Å². The second-order valence-electron chi connectivity index (χ2n) is 3.79. The lowest BCUT2D eigenvalue weighted by molar-refractivity contribution is 0.783. The summed E-state index contributed by atoms with van der Waals surface area (Å²) in [6.07, 6.45) is 1.52. The lowest BCUT2D eigenvalue weighted by Gasteiger charge is -2.09. The SMILES string of the molecule is C[C@@H](C#N)CNc1ncnc2ccc(Br)cc12. The second kappa shape index (κ2) is 5.11. The third-order valence-corrected chi connectivity index (χ3v) is 2.89. The molecule has 86 valence electrons. The number of halogens is 1. The molecule has 0 saturated heterocycles. The summed E-state index contributed by atoms with van der Waals surface area (Å²) in [6, 6.07) is 8.02. The predicted molar refractivity (Wildman–Crippen MR) is 70.5 cm³/mol. The van der Waals surface area contributed by atoms with E-state index in [9.17, 15) is 0 Å². The van der Waals surface area contributed by atoms with Crippen molar-refractivity contribution in [3.63, 3.8) is 0 Å². The minimum absolute atomic E-state index is 0.0489. The lowest BCUT2D eigenvalue weighted by Crippen LogP contribution is -2.10. The Bertz CT molecular complexity index is 576. The number of hydrogen-bond donors (Lipinski definition) is 1. The number of nitrogens with zero attached hydrogens (tertiary/aromatic N) is 3. The Labute approximate surface area is 108 Å². The molecule has 5 heteroatoms. The molecule has 1 aromatic heterocycles. The van der Waals surface area contributed by atoms with Crippen LogP contribution in [0.2, 0.25) is 0 Å². The van der Waals surface area contributed by atoms with Crippen LogP contribution in [0.4, 0.5) is 5.82 Å². The highest BCUT2D eigenvalue weighted by atomic mass is 79.9. The molecule has 2 aromatic rings. The molecule has 0 bridgehead atoms. The van der Waals surface area contributed by atoms with E-state index in [-0.39, 0.29) is 5.92 Å². The average molecular weight is 291 g/mol. The number of rotatable bonds is 3. The maximum Gasteiger partial charge on any atom is 0.137 e. The summed E-state index contributed by atoms with van der Waals surface area (Å²) in [5.41, 5.74) is 0.885. The van der Waals surface area contributed by atoms with Crippen LogP contribution in [-0.4, -0.2) is 16.5 Å². The maximum absolute atomic E-state index is 8.74. The van der Waals surface area contributed by atoms with Crippen molar-refractivity contribution in [2.45, 2.75) is 6.92 Å². The summed E-state index contributed by atoms with van der Waals surface area (Å²) >= 11 is 3.42. The normalized spacial score (nSPS) is 12.1. The van der Waals surface area contributed by atoms with E-state index in [0.29, 0.717) is 6.54 Å². The molecule has 17 heavy (non-hydrogen) atoms. The van der Waals surface area contributed by atoms with E-state index in [1.807, 2.05) is 25.1 Å². The van der Waals surface area contributed by atoms with E-state index in [4.69, 9.17) is 5.26 Å². The van der Waals surface area contributed by atoms with Gasteiger partial charge in [-0.1, -0.05) is 15.9 Å². The first kappa shape index (κ1) is 11.8. The topological polar surface area (TPSA) is 61.6 Å². The third kappa shape index (κ3) is 2.71. The zero-order valence-electron chi connectivity index (χ0n) is 9.31. The van der Waals surface area contributed by atoms with Crippen molar-refractivity contribution in [2.24, 2.45) is 5.92 Å². The molecule has 1 N–H and O–H groups in total. The largest absolute Gasteiger partial charge is 0.368 e. The number of benzene rings is 1. The van der Waals surface area contributed by atoms with Crippen LogP contribution in [0.5, 0.6) is 0 Å². The fourth-order valence-electron chi connectivity index (χ4n) is 1.47. The van der Waals surface area contributed by atoms with Gasteiger partial charge in [0, 0.05) is 16.4 Å². The quantitative estimate of drug-likeness (QED) is 0.944. The van der Waals surface area contributed by atoms with Crippen molar-refractivity contribution >= 4 is 32.7 Å². The van der Waals surface area contributed by atoms with Gasteiger partial charge in [0.1, 0.15) is 12.1 Å². The van der Waals surface area contributed by atoms with Crippen LogP contribution in [0, 0.1) is 17.2 Å². The van der Waals surface area contributed by atoms with Gasteiger partial charge in [-0.2, -0.15) is 5.26 Å². The van der Waals surface area contributed by atoms with E-state index in [1.165, 1.54) is 6.33 Å². The summed E-state index contributed by atoms with van der Waals surface area (Å²) in [4.78, 5) is 8.40. The van der Waals surface area contributed by atoms with Crippen LogP contribution < -0.4 is 5.32 Å². The fraction of sp³-hybridized carbons (Fsp3) is 0.250. The van der Waals surface area contributed by atoms with Crippen LogP contribution in [0.15, 0.2) is 29.0 Å². The van der Waals surface area contributed by atoms with E-state index >= 15 is 0 Å². The number of hydrogen-bond acceptors (Lipinski definition) is 4. The van der Waals surface area contributed by atoms with Gasteiger partial charge in [0.05, 0.1) is 17.5 Å². The molecule has 0 saturated carbocycles. The molecule has 0 fully saturated rings. The number of nitrogens with one attached hydrogen (secondary N) is 1. The molecule has 0 aliphatic heterocycles. The molecular formula is C12H11BrN4. The van der Waals surface area contributed by atoms with Crippen LogP contribution in [0.1, 0.15) is 6.92 Å². The van der Waals surface area contributed by atoms with Crippen LogP contribution in [0.3, 0.4) is 0 Å². The Morgan fingerprint density at radius 1 is 1.47 bits per heavy atom. The predicted octanol–water partition coefficient (Wildman–Crippen LogP) is 2.96. The lowest BCUT2D eigenvalue weighted by atomic mass is 10.2. The Hall–Kier alpha value is -1.67.